The first kappa shape index (κ1) is 18.5. The molecule has 0 spiro atoms. The molecule has 2 atom stereocenters. The van der Waals surface area contributed by atoms with Crippen LogP contribution >= 0.6 is 0 Å². The Bertz CT molecular complexity index is 622. The van der Waals surface area contributed by atoms with Crippen molar-refractivity contribution in [3.8, 4) is 11.8 Å². The van der Waals surface area contributed by atoms with Crippen LogP contribution in [-0.4, -0.2) is 42.4 Å². The first-order valence-corrected chi connectivity index (χ1v) is 9.67. The lowest BCUT2D eigenvalue weighted by molar-refractivity contribution is -0.0967. The number of hydrogen-bond donors (Lipinski definition) is 1. The van der Waals surface area contributed by atoms with Gasteiger partial charge in [-0.1, -0.05) is 56.0 Å². The van der Waals surface area contributed by atoms with Crippen molar-refractivity contribution in [2.75, 3.05) is 26.7 Å². The zero-order chi connectivity index (χ0) is 17.9. The molecular weight excluding hydrogens is 310 g/mol. The number of fused-ring (bicyclic) bond motifs is 3. The first-order valence-electron chi connectivity index (χ1n) is 9.67. The largest absolute Gasteiger partial charge is 0.373 e. The van der Waals surface area contributed by atoms with E-state index >= 15 is 0 Å². The van der Waals surface area contributed by atoms with Crippen molar-refractivity contribution in [3.05, 3.63) is 35.9 Å². The van der Waals surface area contributed by atoms with Crippen molar-refractivity contribution in [1.29, 1.82) is 0 Å². The van der Waals surface area contributed by atoms with Crippen LogP contribution < -0.4 is 0 Å². The average molecular weight is 341 g/mol. The summed E-state index contributed by atoms with van der Waals surface area (Å²) in [5, 5.41) is 11.6. The number of piperidine rings is 3. The summed E-state index contributed by atoms with van der Waals surface area (Å²) >= 11 is 0. The first-order chi connectivity index (χ1) is 12.1. The Morgan fingerprint density at radius 1 is 1.24 bits per heavy atom. The molecule has 0 aromatic heterocycles. The van der Waals surface area contributed by atoms with Crippen molar-refractivity contribution < 1.29 is 9.84 Å². The second-order valence-electron chi connectivity index (χ2n) is 7.54. The Morgan fingerprint density at radius 2 is 1.88 bits per heavy atom. The fourth-order valence-electron chi connectivity index (χ4n) is 4.63. The Morgan fingerprint density at radius 3 is 2.36 bits per heavy atom. The molecule has 3 aliphatic rings. The summed E-state index contributed by atoms with van der Waals surface area (Å²) in [6, 6.07) is 9.91. The maximum atomic E-state index is 11.6. The summed E-state index contributed by atoms with van der Waals surface area (Å²) in [5.74, 6) is 7.33. The lowest BCUT2D eigenvalue weighted by Gasteiger charge is -2.50. The lowest BCUT2D eigenvalue weighted by atomic mass is 9.73. The SMILES string of the molecule is CCC(CC)C(O)(C#C[C@@]1(OC)CN2CCC1CC2)c1ccccc1. The van der Waals surface area contributed by atoms with E-state index in [0.717, 1.165) is 50.9 Å². The predicted molar refractivity (Wildman–Crippen MR) is 101 cm³/mol. The van der Waals surface area contributed by atoms with Gasteiger partial charge in [-0.3, -0.25) is 4.90 Å². The lowest BCUT2D eigenvalue weighted by Crippen LogP contribution is -2.59. The molecular formula is C22H31NO2. The highest BCUT2D eigenvalue weighted by Gasteiger charge is 2.47. The standard InChI is InChI=1S/C22H31NO2/c1-4-18(5-2)22(24,20-9-7-6-8-10-20)14-13-21(25-3)17-23-15-11-19(21)12-16-23/h6-10,18-19,24H,4-5,11-12,15-17H2,1-3H3/t21-,22?/m1/s1. The minimum absolute atomic E-state index is 0.109. The number of nitrogens with zero attached hydrogens (tertiary/aromatic N) is 1. The fraction of sp³-hybridized carbons (Fsp3) is 0.636. The van der Waals surface area contributed by atoms with Crippen LogP contribution in [0.3, 0.4) is 0 Å². The third kappa shape index (κ3) is 3.36. The third-order valence-corrected chi connectivity index (χ3v) is 6.32. The van der Waals surface area contributed by atoms with Gasteiger partial charge in [-0.05, 0) is 44.3 Å². The van der Waals surface area contributed by atoms with Crippen molar-refractivity contribution >= 4 is 0 Å². The predicted octanol–water partition coefficient (Wildman–Crippen LogP) is 3.42. The summed E-state index contributed by atoms with van der Waals surface area (Å²) < 4.78 is 5.96. The van der Waals surface area contributed by atoms with Gasteiger partial charge in [0.1, 0.15) is 5.60 Å². The van der Waals surface area contributed by atoms with Crippen molar-refractivity contribution in [2.24, 2.45) is 11.8 Å². The molecule has 4 rings (SSSR count). The number of benzene rings is 1. The van der Waals surface area contributed by atoms with E-state index < -0.39 is 11.2 Å². The summed E-state index contributed by atoms with van der Waals surface area (Å²) in [7, 11) is 1.77. The van der Waals surface area contributed by atoms with Crippen LogP contribution in [0.25, 0.3) is 0 Å². The molecule has 3 heteroatoms. The van der Waals surface area contributed by atoms with E-state index in [1.54, 1.807) is 7.11 Å². The number of ether oxygens (including phenoxy) is 1. The topological polar surface area (TPSA) is 32.7 Å². The summed E-state index contributed by atoms with van der Waals surface area (Å²) in [5.41, 5.74) is -0.670. The van der Waals surface area contributed by atoms with E-state index in [2.05, 4.69) is 30.6 Å². The highest BCUT2D eigenvalue weighted by atomic mass is 16.5. The maximum absolute atomic E-state index is 11.6. The van der Waals surface area contributed by atoms with Crippen LogP contribution in [0.4, 0.5) is 0 Å². The molecule has 3 heterocycles. The molecule has 136 valence electrons. The van der Waals surface area contributed by atoms with E-state index in [-0.39, 0.29) is 5.92 Å². The second kappa shape index (κ2) is 7.50. The molecule has 1 aromatic rings. The van der Waals surface area contributed by atoms with E-state index in [1.807, 2.05) is 30.3 Å². The molecule has 0 radical (unpaired) electrons. The summed E-state index contributed by atoms with van der Waals surface area (Å²) in [6.45, 7) is 7.41. The van der Waals surface area contributed by atoms with Crippen LogP contribution in [0.5, 0.6) is 0 Å². The molecule has 0 amide bonds. The summed E-state index contributed by atoms with van der Waals surface area (Å²) in [6.07, 6.45) is 4.06. The Kier molecular flexibility index (Phi) is 5.53. The monoisotopic (exact) mass is 341 g/mol. The van der Waals surface area contributed by atoms with Gasteiger partial charge in [-0.2, -0.15) is 0 Å². The van der Waals surface area contributed by atoms with Crippen molar-refractivity contribution in [1.82, 2.24) is 4.90 Å². The number of methoxy groups -OCH3 is 1. The van der Waals surface area contributed by atoms with E-state index in [4.69, 9.17) is 4.74 Å². The second-order valence-corrected chi connectivity index (χ2v) is 7.54. The van der Waals surface area contributed by atoms with Gasteiger partial charge < -0.3 is 9.84 Å². The number of hydrogen-bond acceptors (Lipinski definition) is 3. The van der Waals surface area contributed by atoms with Crippen LogP contribution in [0.15, 0.2) is 30.3 Å². The zero-order valence-electron chi connectivity index (χ0n) is 15.8. The fourth-order valence-corrected chi connectivity index (χ4v) is 4.63. The molecule has 25 heavy (non-hydrogen) atoms. The average Bonchev–Trinajstić information content (AvgIpc) is 2.69. The Labute approximate surface area is 152 Å². The van der Waals surface area contributed by atoms with Gasteiger partial charge in [-0.15, -0.1) is 0 Å². The maximum Gasteiger partial charge on any atom is 0.153 e. The molecule has 1 aromatic carbocycles. The van der Waals surface area contributed by atoms with Gasteiger partial charge in [-0.25, -0.2) is 0 Å². The van der Waals surface area contributed by atoms with Crippen molar-refractivity contribution in [3.63, 3.8) is 0 Å². The van der Waals surface area contributed by atoms with Gasteiger partial charge in [0.25, 0.3) is 0 Å². The number of aliphatic hydroxyl groups is 1. The quantitative estimate of drug-likeness (QED) is 0.833. The van der Waals surface area contributed by atoms with E-state index in [9.17, 15) is 5.11 Å². The van der Waals surface area contributed by atoms with Gasteiger partial charge >= 0.3 is 0 Å². The van der Waals surface area contributed by atoms with E-state index in [1.165, 1.54) is 0 Å². The molecule has 0 saturated carbocycles. The minimum atomic E-state index is -1.12. The van der Waals surface area contributed by atoms with Crippen LogP contribution in [0.2, 0.25) is 0 Å². The zero-order valence-corrected chi connectivity index (χ0v) is 15.8. The molecule has 2 bridgehead atoms. The molecule has 3 aliphatic heterocycles. The highest BCUT2D eigenvalue weighted by molar-refractivity contribution is 5.36. The van der Waals surface area contributed by atoms with Crippen LogP contribution in [0.1, 0.15) is 45.1 Å². The minimum Gasteiger partial charge on any atom is -0.373 e. The molecule has 3 saturated heterocycles. The molecule has 3 fully saturated rings. The Balaban J connectivity index is 2.00. The van der Waals surface area contributed by atoms with Gasteiger partial charge in [0.2, 0.25) is 0 Å². The van der Waals surface area contributed by atoms with Crippen LogP contribution in [-0.2, 0) is 10.3 Å². The Hall–Kier alpha value is -1.34. The van der Waals surface area contributed by atoms with Crippen molar-refractivity contribution in [2.45, 2.75) is 50.7 Å². The highest BCUT2D eigenvalue weighted by Crippen LogP contribution is 2.39. The van der Waals surface area contributed by atoms with Gasteiger partial charge in [0, 0.05) is 25.5 Å². The smallest absolute Gasteiger partial charge is 0.153 e. The van der Waals surface area contributed by atoms with Gasteiger partial charge in [0.05, 0.1) is 0 Å². The molecule has 1 N–H and O–H groups in total. The third-order valence-electron chi connectivity index (χ3n) is 6.32. The molecule has 3 nitrogen and oxygen atoms in total. The molecule has 0 aliphatic carbocycles. The normalized spacial score (nSPS) is 30.6. The molecule has 1 unspecified atom stereocenters. The number of rotatable bonds is 5. The van der Waals surface area contributed by atoms with Gasteiger partial charge in [0.15, 0.2) is 5.60 Å². The van der Waals surface area contributed by atoms with E-state index in [0.29, 0.717) is 5.92 Å². The summed E-state index contributed by atoms with van der Waals surface area (Å²) in [4.78, 5) is 2.44. The van der Waals surface area contributed by atoms with Crippen LogP contribution in [0, 0.1) is 23.7 Å².